The molecule has 14 heteroatoms. The van der Waals surface area contributed by atoms with E-state index in [2.05, 4.69) is 10.3 Å². The molecule has 45 heavy (non-hydrogen) atoms. The number of benzene rings is 1. The molecule has 0 spiro atoms. The second-order valence-corrected chi connectivity index (χ2v) is 11.4. The smallest absolute Gasteiger partial charge is 0.374 e. The average molecular weight is 632 g/mol. The van der Waals surface area contributed by atoms with E-state index >= 15 is 0 Å². The molecule has 2 aromatic rings. The lowest BCUT2D eigenvalue weighted by Crippen LogP contribution is -2.54. The molecule has 1 N–H and O–H groups in total. The second kappa shape index (κ2) is 14.3. The molecule has 1 fully saturated rings. The monoisotopic (exact) mass is 631 g/mol. The number of halogens is 4. The molecule has 1 aromatic heterocycles. The number of fused-ring (bicyclic) bond motifs is 1. The van der Waals surface area contributed by atoms with Crippen molar-refractivity contribution in [3.05, 3.63) is 59.1 Å². The number of aromatic nitrogens is 1. The molecular formula is C31H37F4N7O3. The number of likely N-dealkylation sites (tertiary alicyclic amines) is 1. The molecule has 1 atom stereocenters. The second-order valence-electron chi connectivity index (χ2n) is 11.4. The van der Waals surface area contributed by atoms with Crippen LogP contribution < -0.4 is 15.1 Å². The summed E-state index contributed by atoms with van der Waals surface area (Å²) < 4.78 is 61.3. The Hall–Kier alpha value is -4.22. The van der Waals surface area contributed by atoms with Crippen LogP contribution in [0.4, 0.5) is 34.8 Å². The van der Waals surface area contributed by atoms with Gasteiger partial charge in [-0.3, -0.25) is 9.59 Å². The highest BCUT2D eigenvalue weighted by Gasteiger charge is 2.37. The first-order valence-corrected chi connectivity index (χ1v) is 14.6. The van der Waals surface area contributed by atoms with E-state index in [0.29, 0.717) is 50.6 Å². The topological polar surface area (TPSA) is 105 Å². The van der Waals surface area contributed by atoms with Crippen LogP contribution in [0.1, 0.15) is 29.7 Å². The Bertz CT molecular complexity index is 1470. The van der Waals surface area contributed by atoms with Crippen molar-refractivity contribution >= 4 is 29.0 Å². The number of carbonyl (C=O) groups is 2. The van der Waals surface area contributed by atoms with Crippen LogP contribution in [-0.4, -0.2) is 99.2 Å². The lowest BCUT2D eigenvalue weighted by molar-refractivity contribution is -0.139. The fourth-order valence-corrected chi connectivity index (χ4v) is 5.26. The van der Waals surface area contributed by atoms with Gasteiger partial charge in [0.1, 0.15) is 29.3 Å². The molecule has 0 radical (unpaired) electrons. The number of aryl methyl sites for hydroxylation is 1. The van der Waals surface area contributed by atoms with Gasteiger partial charge in [-0.25, -0.2) is 9.37 Å². The maximum Gasteiger partial charge on any atom is 0.417 e. The maximum absolute atomic E-state index is 14.4. The van der Waals surface area contributed by atoms with Crippen molar-refractivity contribution in [1.82, 2.24) is 14.8 Å². The number of likely N-dealkylation sites (N-methyl/N-ethyl adjacent to an activating group) is 2. The van der Waals surface area contributed by atoms with Crippen LogP contribution in [0, 0.1) is 24.1 Å². The molecule has 242 valence electrons. The number of hydrogen-bond donors (Lipinski definition) is 1. The highest BCUT2D eigenvalue weighted by Crippen LogP contribution is 2.36. The van der Waals surface area contributed by atoms with E-state index in [1.54, 1.807) is 17.0 Å². The minimum atomic E-state index is -4.78. The number of amides is 2. The molecule has 10 nitrogen and oxygen atoms in total. The number of rotatable bonds is 10. The van der Waals surface area contributed by atoms with E-state index in [1.165, 1.54) is 37.1 Å². The van der Waals surface area contributed by atoms with Crippen molar-refractivity contribution in [2.75, 3.05) is 75.6 Å². The number of carbonyl (C=O) groups excluding carboxylic acids is 2. The van der Waals surface area contributed by atoms with Crippen molar-refractivity contribution in [2.24, 2.45) is 0 Å². The van der Waals surface area contributed by atoms with Gasteiger partial charge in [0.05, 0.1) is 23.0 Å². The fourth-order valence-electron chi connectivity index (χ4n) is 5.26. The van der Waals surface area contributed by atoms with Crippen molar-refractivity contribution in [1.29, 1.82) is 5.26 Å². The number of nitrogens with one attached hydrogen (secondary N) is 1. The lowest BCUT2D eigenvalue weighted by Gasteiger charge is -2.38. The average Bonchev–Trinajstić information content (AvgIpc) is 2.94. The molecule has 3 heterocycles. The number of nitrogens with zero attached hydrogens (tertiary/aromatic N) is 6. The van der Waals surface area contributed by atoms with E-state index in [4.69, 9.17) is 4.74 Å². The Morgan fingerprint density at radius 3 is 2.64 bits per heavy atom. The third-order valence-corrected chi connectivity index (χ3v) is 7.65. The van der Waals surface area contributed by atoms with E-state index in [9.17, 15) is 32.4 Å². The van der Waals surface area contributed by atoms with Gasteiger partial charge in [-0.2, -0.15) is 18.4 Å². The Balaban J connectivity index is 1.43. The van der Waals surface area contributed by atoms with Crippen molar-refractivity contribution in [3.8, 4) is 6.07 Å². The van der Waals surface area contributed by atoms with Crippen LogP contribution in [0.2, 0.25) is 0 Å². The molecule has 2 amide bonds. The highest BCUT2D eigenvalue weighted by atomic mass is 19.4. The zero-order valence-corrected chi connectivity index (χ0v) is 25.7. The number of anilines is 3. The first-order valence-electron chi connectivity index (χ1n) is 14.6. The summed E-state index contributed by atoms with van der Waals surface area (Å²) in [5.41, 5.74) is -0.854. The van der Waals surface area contributed by atoms with Gasteiger partial charge >= 0.3 is 6.18 Å². The molecule has 0 saturated carbocycles. The third kappa shape index (κ3) is 8.29. The SMILES string of the molecule is Cc1cc(C(F)(F)F)c(C#N)c(NC2CCN(CCCOC3CN(C(=O)C=CCN(C)C)C3)c3cc(F)ccc3N(C)C2=O)n1. The molecule has 2 aliphatic rings. The van der Waals surface area contributed by atoms with E-state index in [1.807, 2.05) is 30.0 Å². The first kappa shape index (κ1) is 33.7. The Kier molecular flexibility index (Phi) is 10.7. The predicted molar refractivity (Wildman–Crippen MR) is 161 cm³/mol. The van der Waals surface area contributed by atoms with E-state index in [0.717, 1.165) is 6.07 Å². The van der Waals surface area contributed by atoms with Crippen LogP contribution in [0.25, 0.3) is 0 Å². The molecular weight excluding hydrogens is 594 g/mol. The molecule has 0 aliphatic carbocycles. The first-order chi connectivity index (χ1) is 21.3. The summed E-state index contributed by atoms with van der Waals surface area (Å²) in [4.78, 5) is 36.8. The number of nitriles is 1. The minimum Gasteiger partial charge on any atom is -0.374 e. The molecule has 1 saturated heterocycles. The number of alkyl halides is 3. The van der Waals surface area contributed by atoms with Crippen LogP contribution in [-0.2, 0) is 20.5 Å². The van der Waals surface area contributed by atoms with Gasteiger partial charge in [-0.15, -0.1) is 0 Å². The Morgan fingerprint density at radius 2 is 1.98 bits per heavy atom. The van der Waals surface area contributed by atoms with Crippen LogP contribution in [0.15, 0.2) is 36.4 Å². The molecule has 1 aromatic carbocycles. The van der Waals surface area contributed by atoms with E-state index < -0.39 is 35.1 Å². The number of hydrogen-bond acceptors (Lipinski definition) is 8. The summed E-state index contributed by atoms with van der Waals surface area (Å²) in [6.45, 7) is 4.14. The normalized spacial score (nSPS) is 17.6. The van der Waals surface area contributed by atoms with Crippen LogP contribution >= 0.6 is 0 Å². The maximum atomic E-state index is 14.4. The summed E-state index contributed by atoms with van der Waals surface area (Å²) in [5, 5.41) is 12.4. The largest absolute Gasteiger partial charge is 0.417 e. The minimum absolute atomic E-state index is 0.0395. The third-order valence-electron chi connectivity index (χ3n) is 7.65. The number of pyridine rings is 1. The standard InChI is InChI=1S/C31H37F4N7O3/c1-20-15-24(31(33,34)35)23(17-36)29(37-20)38-25-10-13-41(27-16-21(32)8-9-26(27)40(4)30(25)44)12-6-14-45-22-18-42(19-22)28(43)7-5-11-39(2)3/h5,7-9,15-16,22,25H,6,10-14,18-19H2,1-4H3,(H,37,38). The molecule has 1 unspecified atom stereocenters. The van der Waals surface area contributed by atoms with Gasteiger partial charge in [0.25, 0.3) is 0 Å². The quantitative estimate of drug-likeness (QED) is 0.240. The van der Waals surface area contributed by atoms with Gasteiger partial charge in [0, 0.05) is 58.1 Å². The Morgan fingerprint density at radius 1 is 1.24 bits per heavy atom. The Labute approximate surface area is 259 Å². The summed E-state index contributed by atoms with van der Waals surface area (Å²) >= 11 is 0. The van der Waals surface area contributed by atoms with Gasteiger partial charge in [0.15, 0.2) is 0 Å². The molecule has 2 aliphatic heterocycles. The molecule has 0 bridgehead atoms. The van der Waals surface area contributed by atoms with Crippen LogP contribution in [0.3, 0.4) is 0 Å². The summed E-state index contributed by atoms with van der Waals surface area (Å²) in [6, 6.07) is 5.43. The van der Waals surface area contributed by atoms with Gasteiger partial charge < -0.3 is 29.7 Å². The van der Waals surface area contributed by atoms with Crippen LogP contribution in [0.5, 0.6) is 0 Å². The summed E-state index contributed by atoms with van der Waals surface area (Å²) in [5.74, 6) is -1.33. The number of ether oxygens (including phenoxy) is 1. The lowest BCUT2D eigenvalue weighted by atomic mass is 10.0. The zero-order valence-electron chi connectivity index (χ0n) is 25.7. The van der Waals surface area contributed by atoms with Gasteiger partial charge in [-0.1, -0.05) is 6.08 Å². The van der Waals surface area contributed by atoms with Gasteiger partial charge in [-0.05, 0) is 58.1 Å². The fraction of sp³-hybridized carbons (Fsp3) is 0.484. The zero-order chi connectivity index (χ0) is 32.9. The summed E-state index contributed by atoms with van der Waals surface area (Å²) in [7, 11) is 5.35. The van der Waals surface area contributed by atoms with Crippen molar-refractivity contribution < 1.29 is 31.9 Å². The van der Waals surface area contributed by atoms with Crippen molar-refractivity contribution in [2.45, 2.75) is 38.1 Å². The predicted octanol–water partition coefficient (Wildman–Crippen LogP) is 3.81. The summed E-state index contributed by atoms with van der Waals surface area (Å²) in [6.07, 6.45) is -0.789. The van der Waals surface area contributed by atoms with E-state index in [-0.39, 0.29) is 36.5 Å². The van der Waals surface area contributed by atoms with Gasteiger partial charge in [0.2, 0.25) is 11.8 Å². The molecule has 4 rings (SSSR count). The highest BCUT2D eigenvalue weighted by molar-refractivity contribution is 6.01. The van der Waals surface area contributed by atoms with Crippen molar-refractivity contribution in [3.63, 3.8) is 0 Å².